The molecule has 0 atom stereocenters. The molecule has 0 aromatic rings. The van der Waals surface area contributed by atoms with Gasteiger partial charge in [-0.15, -0.1) is 0 Å². The first-order chi connectivity index (χ1) is 2.56. The van der Waals surface area contributed by atoms with Crippen molar-refractivity contribution in [1.82, 2.24) is 0 Å². The Labute approximate surface area is 37.9 Å². The van der Waals surface area contributed by atoms with Crippen LogP contribution in [0.15, 0.2) is 0 Å². The Balaban J connectivity index is 3.45. The summed E-state index contributed by atoms with van der Waals surface area (Å²) in [5.74, 6) is 0. The highest BCUT2D eigenvalue weighted by atomic mass is 35.5. The normalized spacial score (nSPS) is 11.2. The third-order valence-electron chi connectivity index (χ3n) is 0.134. The Kier molecular flexibility index (Phi) is 1.47. The van der Waals surface area contributed by atoms with Crippen LogP contribution in [0, 0.1) is 0 Å². The van der Waals surface area contributed by atoms with Gasteiger partial charge in [0.05, 0.1) is 0 Å². The number of halogens is 3. The van der Waals surface area contributed by atoms with Crippen LogP contribution < -0.4 is 0 Å². The molecule has 0 aromatic carbocycles. The van der Waals surface area contributed by atoms with Gasteiger partial charge in [0.2, 0.25) is 6.29 Å². The molecule has 0 amide bonds. The summed E-state index contributed by atoms with van der Waals surface area (Å²) in [6.07, 6.45) is -0.630. The fourth-order valence-electron chi connectivity index (χ4n) is 0. The lowest BCUT2D eigenvalue weighted by Gasteiger charge is -1.89. The molecule has 0 aliphatic carbocycles. The van der Waals surface area contributed by atoms with Crippen LogP contribution in [0.2, 0.25) is 0 Å². The quantitative estimate of drug-likeness (QED) is 0.367. The second-order valence-corrected chi connectivity index (χ2v) is 1.16. The van der Waals surface area contributed by atoms with Crippen LogP contribution in [-0.2, 0) is 4.79 Å². The first kappa shape index (κ1) is 5.82. The first-order valence-corrected chi connectivity index (χ1v) is 1.47. The molecule has 0 saturated heterocycles. The Morgan fingerprint density at radius 2 is 1.83 bits per heavy atom. The van der Waals surface area contributed by atoms with Crippen LogP contribution in [0.5, 0.6) is 0 Å². The molecular formula is C2HClF2O. The van der Waals surface area contributed by atoms with Gasteiger partial charge in [0.15, 0.2) is 0 Å². The van der Waals surface area contributed by atoms with Crippen molar-refractivity contribution in [2.75, 3.05) is 0 Å². The Morgan fingerprint density at radius 1 is 1.67 bits per heavy atom. The van der Waals surface area contributed by atoms with Gasteiger partial charge in [0.25, 0.3) is 0 Å². The van der Waals surface area contributed by atoms with Gasteiger partial charge in [-0.2, -0.15) is 8.78 Å². The maximum Gasteiger partial charge on any atom is 0.377 e. The second kappa shape index (κ2) is 1.51. The van der Waals surface area contributed by atoms with E-state index in [-0.39, 0.29) is 0 Å². The van der Waals surface area contributed by atoms with Crippen molar-refractivity contribution < 1.29 is 13.6 Å². The summed E-state index contributed by atoms with van der Waals surface area (Å²) in [6.45, 7) is 0. The van der Waals surface area contributed by atoms with Crippen molar-refractivity contribution in [2.45, 2.75) is 5.38 Å². The minimum Gasteiger partial charge on any atom is -0.295 e. The van der Waals surface area contributed by atoms with Gasteiger partial charge in [0, 0.05) is 0 Å². The molecule has 0 aromatic heterocycles. The Morgan fingerprint density at radius 3 is 1.83 bits per heavy atom. The summed E-state index contributed by atoms with van der Waals surface area (Å²) in [5, 5.41) is -3.67. The minimum absolute atomic E-state index is 0.630. The van der Waals surface area contributed by atoms with Crippen molar-refractivity contribution in [3.63, 3.8) is 0 Å². The number of hydrogen-bond donors (Lipinski definition) is 0. The molecule has 0 saturated carbocycles. The topological polar surface area (TPSA) is 17.1 Å². The zero-order valence-corrected chi connectivity index (χ0v) is 3.38. The van der Waals surface area contributed by atoms with Crippen molar-refractivity contribution in [1.29, 1.82) is 0 Å². The highest BCUT2D eigenvalue weighted by molar-refractivity contribution is 6.28. The molecule has 36 valence electrons. The molecule has 0 bridgehead atoms. The molecule has 4 heteroatoms. The maximum absolute atomic E-state index is 10.8. The van der Waals surface area contributed by atoms with E-state index in [9.17, 15) is 8.78 Å². The number of alkyl halides is 3. The predicted octanol–water partition coefficient (Wildman–Crippen LogP) is 1.02. The number of hydrogen-bond acceptors (Lipinski definition) is 1. The standard InChI is InChI=1S/C2HClF2O/c3-2(4,5)1-6/h1H. The molecule has 0 spiro atoms. The zero-order valence-electron chi connectivity index (χ0n) is 2.62. The lowest BCUT2D eigenvalue weighted by molar-refractivity contribution is -0.120. The van der Waals surface area contributed by atoms with Crippen LogP contribution in [0.4, 0.5) is 8.78 Å². The van der Waals surface area contributed by atoms with E-state index in [1.54, 1.807) is 0 Å². The van der Waals surface area contributed by atoms with E-state index in [0.29, 0.717) is 0 Å². The summed E-state index contributed by atoms with van der Waals surface area (Å²) in [7, 11) is 0. The fourth-order valence-corrected chi connectivity index (χ4v) is 0. The molecule has 0 heterocycles. The van der Waals surface area contributed by atoms with Gasteiger partial charge in [-0.25, -0.2) is 0 Å². The SMILES string of the molecule is O=CC(F)(F)Cl. The molecule has 0 N–H and O–H groups in total. The minimum atomic E-state index is -3.67. The van der Waals surface area contributed by atoms with Crippen molar-refractivity contribution >= 4 is 17.9 Å². The van der Waals surface area contributed by atoms with Gasteiger partial charge in [-0.05, 0) is 11.6 Å². The molecule has 0 unspecified atom stereocenters. The smallest absolute Gasteiger partial charge is 0.295 e. The highest BCUT2D eigenvalue weighted by Gasteiger charge is 2.21. The molecule has 0 aliphatic heterocycles. The van der Waals surface area contributed by atoms with E-state index < -0.39 is 11.7 Å². The molecule has 1 nitrogen and oxygen atoms in total. The molecule has 0 rings (SSSR count). The summed E-state index contributed by atoms with van der Waals surface area (Å²) in [6, 6.07) is 0. The summed E-state index contributed by atoms with van der Waals surface area (Å²) in [5.41, 5.74) is 0. The number of carbonyl (C=O) groups is 1. The number of rotatable bonds is 1. The third kappa shape index (κ3) is 3.82. The van der Waals surface area contributed by atoms with E-state index in [2.05, 4.69) is 11.6 Å². The van der Waals surface area contributed by atoms with Gasteiger partial charge in [-0.1, -0.05) is 0 Å². The average molecular weight is 114 g/mol. The van der Waals surface area contributed by atoms with Gasteiger partial charge in [0.1, 0.15) is 0 Å². The molecular weight excluding hydrogens is 113 g/mol. The van der Waals surface area contributed by atoms with Crippen molar-refractivity contribution in [3.05, 3.63) is 0 Å². The predicted molar refractivity (Wildman–Crippen MR) is 16.9 cm³/mol. The summed E-state index contributed by atoms with van der Waals surface area (Å²) < 4.78 is 21.7. The lowest BCUT2D eigenvalue weighted by atomic mass is 10.8. The van der Waals surface area contributed by atoms with Crippen LogP contribution in [0.3, 0.4) is 0 Å². The van der Waals surface area contributed by atoms with Crippen LogP contribution in [0.1, 0.15) is 0 Å². The maximum atomic E-state index is 10.8. The van der Waals surface area contributed by atoms with E-state index in [0.717, 1.165) is 0 Å². The average Bonchev–Trinajstić information content (AvgIpc) is 1.35. The highest BCUT2D eigenvalue weighted by Crippen LogP contribution is 2.13. The first-order valence-electron chi connectivity index (χ1n) is 1.09. The van der Waals surface area contributed by atoms with E-state index in [1.165, 1.54) is 0 Å². The molecule has 6 heavy (non-hydrogen) atoms. The molecule has 0 radical (unpaired) electrons. The van der Waals surface area contributed by atoms with Crippen LogP contribution >= 0.6 is 11.6 Å². The lowest BCUT2D eigenvalue weighted by Crippen LogP contribution is -2.05. The van der Waals surface area contributed by atoms with Crippen LogP contribution in [-0.4, -0.2) is 11.7 Å². The van der Waals surface area contributed by atoms with Gasteiger partial charge >= 0.3 is 5.38 Å². The summed E-state index contributed by atoms with van der Waals surface area (Å²) in [4.78, 5) is 8.94. The van der Waals surface area contributed by atoms with Gasteiger partial charge < -0.3 is 0 Å². The molecule has 0 aliphatic rings. The second-order valence-electron chi connectivity index (χ2n) is 0.659. The summed E-state index contributed by atoms with van der Waals surface area (Å²) >= 11 is 4.02. The molecule has 0 fully saturated rings. The monoisotopic (exact) mass is 114 g/mol. The largest absolute Gasteiger partial charge is 0.377 e. The van der Waals surface area contributed by atoms with E-state index in [4.69, 9.17) is 4.79 Å². The van der Waals surface area contributed by atoms with Gasteiger partial charge in [-0.3, -0.25) is 4.79 Å². The van der Waals surface area contributed by atoms with Crippen molar-refractivity contribution in [2.24, 2.45) is 0 Å². The Bertz CT molecular complexity index is 57.1. The Hall–Kier alpha value is -0.180. The van der Waals surface area contributed by atoms with Crippen molar-refractivity contribution in [3.8, 4) is 0 Å². The van der Waals surface area contributed by atoms with Crippen LogP contribution in [0.25, 0.3) is 0 Å². The fraction of sp³-hybridized carbons (Fsp3) is 0.500. The van der Waals surface area contributed by atoms with E-state index >= 15 is 0 Å². The zero-order chi connectivity index (χ0) is 5.21. The number of aldehydes is 1. The van der Waals surface area contributed by atoms with E-state index in [1.807, 2.05) is 0 Å². The third-order valence-corrected chi connectivity index (χ3v) is 0.223. The number of carbonyl (C=O) groups excluding carboxylic acids is 1.